The number of carbonyl (C=O) groups is 3. The summed E-state index contributed by atoms with van der Waals surface area (Å²) in [5.74, 6) is 0.798. The average Bonchev–Trinajstić information content (AvgIpc) is 3.50. The number of aromatic nitrogens is 4. The van der Waals surface area contributed by atoms with Gasteiger partial charge in [-0.2, -0.15) is 0 Å². The Hall–Kier alpha value is -3.36. The molecule has 1 aliphatic carbocycles. The molecule has 5 rings (SSSR count). The van der Waals surface area contributed by atoms with Crippen LogP contribution in [0.2, 0.25) is 0 Å². The Labute approximate surface area is 238 Å². The second-order valence-electron chi connectivity index (χ2n) is 10.4. The molecule has 2 saturated heterocycles. The van der Waals surface area contributed by atoms with Crippen molar-refractivity contribution in [2.24, 2.45) is 5.92 Å². The van der Waals surface area contributed by atoms with Crippen molar-refractivity contribution >= 4 is 34.8 Å². The van der Waals surface area contributed by atoms with Crippen LogP contribution in [0.1, 0.15) is 71.3 Å². The monoisotopic (exact) mass is 575 g/mol. The van der Waals surface area contributed by atoms with Gasteiger partial charge in [-0.05, 0) is 38.5 Å². The van der Waals surface area contributed by atoms with Gasteiger partial charge in [0, 0.05) is 38.9 Å². The van der Waals surface area contributed by atoms with Gasteiger partial charge in [-0.25, -0.2) is 19.7 Å². The second kappa shape index (κ2) is 13.5. The van der Waals surface area contributed by atoms with Crippen molar-refractivity contribution in [3.63, 3.8) is 0 Å². The van der Waals surface area contributed by atoms with E-state index in [1.807, 2.05) is 13.8 Å². The van der Waals surface area contributed by atoms with Crippen molar-refractivity contribution < 1.29 is 34.1 Å². The van der Waals surface area contributed by atoms with E-state index in [9.17, 15) is 24.6 Å². The van der Waals surface area contributed by atoms with E-state index in [-0.39, 0.29) is 23.8 Å². The molecule has 0 radical (unpaired) electrons. The topological polar surface area (TPSA) is 195 Å². The molecule has 0 spiro atoms. The molecule has 3 aliphatic rings. The van der Waals surface area contributed by atoms with Gasteiger partial charge in [0.05, 0.1) is 6.33 Å². The number of amides is 2. The van der Waals surface area contributed by atoms with E-state index in [0.717, 1.165) is 25.7 Å². The number of nitrogens with two attached hydrogens (primary N) is 1. The van der Waals surface area contributed by atoms with Gasteiger partial charge in [0.2, 0.25) is 0 Å². The van der Waals surface area contributed by atoms with Crippen LogP contribution >= 0.6 is 0 Å². The third kappa shape index (κ3) is 6.76. The lowest BCUT2D eigenvalue weighted by Crippen LogP contribution is -2.43. The number of likely N-dealkylation sites (tertiary alicyclic amines) is 1. The lowest BCUT2D eigenvalue weighted by atomic mass is 9.91. The maximum Gasteiger partial charge on any atom is 0.410 e. The summed E-state index contributed by atoms with van der Waals surface area (Å²) in [6, 6.07) is 0. The number of aliphatic hydroxyl groups is 2. The van der Waals surface area contributed by atoms with E-state index in [0.29, 0.717) is 61.8 Å². The fourth-order valence-corrected chi connectivity index (χ4v) is 5.37. The fourth-order valence-electron chi connectivity index (χ4n) is 5.37. The van der Waals surface area contributed by atoms with Gasteiger partial charge in [0.15, 0.2) is 23.8 Å². The number of Topliss-reactive ketones (excluding diaryl/α,β-unsaturated/α-hetero) is 1. The van der Waals surface area contributed by atoms with E-state index in [1.54, 1.807) is 11.8 Å². The van der Waals surface area contributed by atoms with Gasteiger partial charge in [0.1, 0.15) is 35.4 Å². The number of hydrogen-bond acceptors (Lipinski definition) is 11. The predicted octanol–water partition coefficient (Wildman–Crippen LogP) is 1.09. The SMILES string of the molecule is CC.CCNC(=O)[C@H]1O[C@@H](n2cnc3c(N)nc(CCCC4CCN(C(=O)OC5CC(=O)C5)CC4)nc32)[C@@H](O)C1O. The Morgan fingerprint density at radius 1 is 1.17 bits per heavy atom. The number of imidazole rings is 1. The van der Waals surface area contributed by atoms with Gasteiger partial charge in [-0.3, -0.25) is 14.2 Å². The molecule has 4 atom stereocenters. The minimum absolute atomic E-state index is 0.134. The molecule has 1 unspecified atom stereocenters. The highest BCUT2D eigenvalue weighted by Gasteiger charge is 2.47. The summed E-state index contributed by atoms with van der Waals surface area (Å²) in [5.41, 5.74) is 6.84. The first kappa shape index (κ1) is 30.6. The molecule has 0 bridgehead atoms. The summed E-state index contributed by atoms with van der Waals surface area (Å²) in [7, 11) is 0. The first-order chi connectivity index (χ1) is 19.7. The molecule has 4 heterocycles. The zero-order valence-corrected chi connectivity index (χ0v) is 23.9. The van der Waals surface area contributed by atoms with Crippen LogP contribution in [0.25, 0.3) is 11.2 Å². The lowest BCUT2D eigenvalue weighted by Gasteiger charge is -2.33. The van der Waals surface area contributed by atoms with Crippen LogP contribution in [0.15, 0.2) is 6.33 Å². The smallest absolute Gasteiger partial charge is 0.410 e. The van der Waals surface area contributed by atoms with E-state index < -0.39 is 30.4 Å². The summed E-state index contributed by atoms with van der Waals surface area (Å²) in [5, 5.41) is 23.6. The molecule has 41 heavy (non-hydrogen) atoms. The Morgan fingerprint density at radius 3 is 2.54 bits per heavy atom. The quantitative estimate of drug-likeness (QED) is 0.352. The summed E-state index contributed by atoms with van der Waals surface area (Å²) in [6.45, 7) is 7.37. The number of likely N-dealkylation sites (N-methyl/N-ethyl adjacent to an activating group) is 1. The largest absolute Gasteiger partial charge is 0.445 e. The number of rotatable bonds is 8. The molecular weight excluding hydrogens is 534 g/mol. The Morgan fingerprint density at radius 2 is 1.88 bits per heavy atom. The number of ether oxygens (including phenoxy) is 2. The summed E-state index contributed by atoms with van der Waals surface area (Å²) in [6.07, 6.45) is 0.468. The highest BCUT2D eigenvalue weighted by atomic mass is 16.6. The molecule has 1 saturated carbocycles. The van der Waals surface area contributed by atoms with Gasteiger partial charge in [-0.1, -0.05) is 13.8 Å². The van der Waals surface area contributed by atoms with Crippen LogP contribution in [0.5, 0.6) is 0 Å². The van der Waals surface area contributed by atoms with Crippen LogP contribution < -0.4 is 11.1 Å². The van der Waals surface area contributed by atoms with E-state index in [2.05, 4.69) is 20.3 Å². The van der Waals surface area contributed by atoms with Crippen molar-refractivity contribution in [3.05, 3.63) is 12.2 Å². The molecule has 2 aliphatic heterocycles. The van der Waals surface area contributed by atoms with Crippen molar-refractivity contribution in [1.29, 1.82) is 0 Å². The maximum absolute atomic E-state index is 12.3. The first-order valence-electron chi connectivity index (χ1n) is 14.5. The summed E-state index contributed by atoms with van der Waals surface area (Å²) < 4.78 is 12.6. The van der Waals surface area contributed by atoms with Crippen molar-refractivity contribution in [1.82, 2.24) is 29.7 Å². The average molecular weight is 576 g/mol. The minimum Gasteiger partial charge on any atom is -0.445 e. The molecule has 5 N–H and O–H groups in total. The van der Waals surface area contributed by atoms with Crippen LogP contribution in [0, 0.1) is 5.92 Å². The number of nitrogens with zero attached hydrogens (tertiary/aromatic N) is 5. The molecule has 14 heteroatoms. The van der Waals surface area contributed by atoms with Gasteiger partial charge < -0.3 is 35.6 Å². The van der Waals surface area contributed by atoms with Crippen LogP contribution in [-0.4, -0.2) is 96.5 Å². The number of ketones is 1. The number of anilines is 1. The Kier molecular flexibility index (Phi) is 10.1. The normalized spacial score (nSPS) is 25.0. The van der Waals surface area contributed by atoms with Crippen LogP contribution in [0.3, 0.4) is 0 Å². The molecule has 14 nitrogen and oxygen atoms in total. The number of nitrogens with one attached hydrogen (secondary N) is 1. The first-order valence-corrected chi connectivity index (χ1v) is 14.5. The minimum atomic E-state index is -1.41. The Balaban J connectivity index is 0.00000189. The number of nitrogen functional groups attached to an aromatic ring is 1. The maximum atomic E-state index is 12.3. The zero-order valence-electron chi connectivity index (χ0n) is 23.9. The van der Waals surface area contributed by atoms with E-state index in [4.69, 9.17) is 15.2 Å². The summed E-state index contributed by atoms with van der Waals surface area (Å²) in [4.78, 5) is 50.6. The van der Waals surface area contributed by atoms with E-state index in [1.165, 1.54) is 10.9 Å². The summed E-state index contributed by atoms with van der Waals surface area (Å²) >= 11 is 0. The molecule has 2 aromatic heterocycles. The van der Waals surface area contributed by atoms with Crippen LogP contribution in [-0.2, 0) is 25.5 Å². The third-order valence-electron chi connectivity index (χ3n) is 7.68. The molecule has 2 amide bonds. The second-order valence-corrected chi connectivity index (χ2v) is 10.4. The fraction of sp³-hybridized carbons (Fsp3) is 0.704. The third-order valence-corrected chi connectivity index (χ3v) is 7.68. The standard InChI is InChI=1S/C25H35N7O7.C2H6/c1-2-27-23(36)20-18(34)19(35)24(39-20)32-12-28-17-21(26)29-16(30-22(17)32)5-3-4-13-6-8-31(9-7-13)25(37)38-15-10-14(33)11-15;1-2/h12-13,15,18-20,24,34-35H,2-11H2,1H3,(H,27,36)(H2,26,29,30);1-2H3/t18?,19-,20-,24+;/m0./s1. The van der Waals surface area contributed by atoms with Gasteiger partial charge in [0.25, 0.3) is 5.91 Å². The highest BCUT2D eigenvalue weighted by Crippen LogP contribution is 2.32. The lowest BCUT2D eigenvalue weighted by molar-refractivity contribution is -0.137. The molecule has 226 valence electrons. The van der Waals surface area contributed by atoms with E-state index >= 15 is 0 Å². The molecule has 2 aromatic rings. The number of fused-ring (bicyclic) bond motifs is 1. The van der Waals surface area contributed by atoms with Crippen LogP contribution in [0.4, 0.5) is 10.6 Å². The van der Waals surface area contributed by atoms with Crippen molar-refractivity contribution in [3.8, 4) is 0 Å². The van der Waals surface area contributed by atoms with Crippen molar-refractivity contribution in [2.45, 2.75) is 96.4 Å². The number of carbonyl (C=O) groups excluding carboxylic acids is 3. The number of hydrogen-bond donors (Lipinski definition) is 4. The zero-order chi connectivity index (χ0) is 29.7. The molecular formula is C27H41N7O7. The highest BCUT2D eigenvalue weighted by molar-refractivity contribution is 5.86. The Bertz CT molecular complexity index is 1220. The number of aliphatic hydroxyl groups excluding tert-OH is 2. The molecule has 3 fully saturated rings. The number of piperidine rings is 1. The number of aryl methyl sites for hydroxylation is 1. The molecule has 0 aromatic carbocycles. The van der Waals surface area contributed by atoms with Crippen molar-refractivity contribution in [2.75, 3.05) is 25.4 Å². The van der Waals surface area contributed by atoms with Gasteiger partial charge >= 0.3 is 6.09 Å². The predicted molar refractivity (Wildman–Crippen MR) is 147 cm³/mol. The van der Waals surface area contributed by atoms with Gasteiger partial charge in [-0.15, -0.1) is 0 Å².